The van der Waals surface area contributed by atoms with Crippen molar-refractivity contribution < 1.29 is 17.9 Å². The summed E-state index contributed by atoms with van der Waals surface area (Å²) in [7, 11) is -3.61. The van der Waals surface area contributed by atoms with Crippen LogP contribution in [0.3, 0.4) is 0 Å². The van der Waals surface area contributed by atoms with E-state index in [1.807, 2.05) is 58.0 Å². The van der Waals surface area contributed by atoms with Crippen LogP contribution in [0.4, 0.5) is 5.69 Å². The standard InChI is InChI=1S/C22H28N2O4S/c1-15-6-9-17(10-7-15)24(29(5,26)27)14-21(25)23-19-13-22(3,4)28-20-12-16(2)8-11-18(19)20/h6-12,19H,13-14H2,1-5H3,(H,23,25). The summed E-state index contributed by atoms with van der Waals surface area (Å²) in [5.41, 5.74) is 3.03. The van der Waals surface area contributed by atoms with Crippen molar-refractivity contribution in [2.24, 2.45) is 0 Å². The average Bonchev–Trinajstić information content (AvgIpc) is 2.58. The lowest BCUT2D eigenvalue weighted by Crippen LogP contribution is -2.45. The third kappa shape index (κ3) is 5.09. The van der Waals surface area contributed by atoms with Crippen LogP contribution in [0.25, 0.3) is 0 Å². The molecule has 7 heteroatoms. The van der Waals surface area contributed by atoms with Gasteiger partial charge in [-0.15, -0.1) is 0 Å². The minimum absolute atomic E-state index is 0.249. The summed E-state index contributed by atoms with van der Waals surface area (Å²) >= 11 is 0. The van der Waals surface area contributed by atoms with Gasteiger partial charge < -0.3 is 10.1 Å². The van der Waals surface area contributed by atoms with E-state index in [9.17, 15) is 13.2 Å². The fourth-order valence-electron chi connectivity index (χ4n) is 3.57. The topological polar surface area (TPSA) is 75.7 Å². The molecule has 29 heavy (non-hydrogen) atoms. The van der Waals surface area contributed by atoms with Gasteiger partial charge >= 0.3 is 0 Å². The van der Waals surface area contributed by atoms with Crippen molar-refractivity contribution in [2.75, 3.05) is 17.1 Å². The molecular formula is C22H28N2O4S. The number of aryl methyl sites for hydroxylation is 2. The Morgan fingerprint density at radius 3 is 2.38 bits per heavy atom. The number of amides is 1. The van der Waals surface area contributed by atoms with Crippen molar-refractivity contribution in [1.82, 2.24) is 5.32 Å². The van der Waals surface area contributed by atoms with Gasteiger partial charge in [0.2, 0.25) is 15.9 Å². The molecule has 0 saturated carbocycles. The van der Waals surface area contributed by atoms with Crippen molar-refractivity contribution in [3.05, 3.63) is 59.2 Å². The van der Waals surface area contributed by atoms with Gasteiger partial charge in [0.1, 0.15) is 17.9 Å². The predicted octanol–water partition coefficient (Wildman–Crippen LogP) is 3.49. The lowest BCUT2D eigenvalue weighted by atomic mass is 9.89. The highest BCUT2D eigenvalue weighted by atomic mass is 32.2. The molecule has 1 amide bonds. The second-order valence-electron chi connectivity index (χ2n) is 8.33. The first-order chi connectivity index (χ1) is 13.4. The van der Waals surface area contributed by atoms with Crippen molar-refractivity contribution in [2.45, 2.75) is 45.8 Å². The second kappa shape index (κ2) is 7.71. The Morgan fingerprint density at radius 1 is 1.14 bits per heavy atom. The number of fused-ring (bicyclic) bond motifs is 1. The molecule has 0 radical (unpaired) electrons. The van der Waals surface area contributed by atoms with Crippen LogP contribution >= 0.6 is 0 Å². The minimum Gasteiger partial charge on any atom is -0.487 e. The molecule has 1 N–H and O–H groups in total. The number of benzene rings is 2. The fourth-order valence-corrected chi connectivity index (χ4v) is 4.43. The minimum atomic E-state index is -3.61. The smallest absolute Gasteiger partial charge is 0.241 e. The van der Waals surface area contributed by atoms with Crippen molar-refractivity contribution in [3.63, 3.8) is 0 Å². The highest BCUT2D eigenvalue weighted by Gasteiger charge is 2.35. The van der Waals surface area contributed by atoms with Gasteiger partial charge in [-0.25, -0.2) is 8.42 Å². The molecule has 0 aromatic heterocycles. The van der Waals surface area contributed by atoms with E-state index in [1.165, 1.54) is 0 Å². The summed E-state index contributed by atoms with van der Waals surface area (Å²) in [6.07, 6.45) is 1.70. The van der Waals surface area contributed by atoms with E-state index in [0.29, 0.717) is 12.1 Å². The number of hydrogen-bond donors (Lipinski definition) is 1. The normalized spacial score (nSPS) is 17.8. The van der Waals surface area contributed by atoms with Crippen molar-refractivity contribution >= 4 is 21.6 Å². The number of anilines is 1. The molecule has 156 valence electrons. The Bertz CT molecular complexity index is 1010. The van der Waals surface area contributed by atoms with Crippen LogP contribution in [-0.4, -0.2) is 32.7 Å². The van der Waals surface area contributed by atoms with Gasteiger partial charge in [-0.1, -0.05) is 29.8 Å². The zero-order chi connectivity index (χ0) is 21.4. The van der Waals surface area contributed by atoms with Gasteiger partial charge in [0.05, 0.1) is 18.0 Å². The number of nitrogens with zero attached hydrogens (tertiary/aromatic N) is 1. The Morgan fingerprint density at radius 2 is 1.76 bits per heavy atom. The van der Waals surface area contributed by atoms with Crippen LogP contribution < -0.4 is 14.4 Å². The first-order valence-corrected chi connectivity index (χ1v) is 11.4. The van der Waals surface area contributed by atoms with Crippen LogP contribution in [0.15, 0.2) is 42.5 Å². The van der Waals surface area contributed by atoms with E-state index in [4.69, 9.17) is 4.74 Å². The monoisotopic (exact) mass is 416 g/mol. The van der Waals surface area contributed by atoms with Gasteiger partial charge in [0.15, 0.2) is 0 Å². The molecule has 0 saturated heterocycles. The molecule has 1 unspecified atom stereocenters. The predicted molar refractivity (Wildman–Crippen MR) is 115 cm³/mol. The van der Waals surface area contributed by atoms with E-state index in [0.717, 1.165) is 33.0 Å². The first kappa shape index (κ1) is 21.2. The van der Waals surface area contributed by atoms with E-state index >= 15 is 0 Å². The number of ether oxygens (including phenoxy) is 1. The van der Waals surface area contributed by atoms with E-state index in [2.05, 4.69) is 5.32 Å². The SMILES string of the molecule is Cc1ccc(N(CC(=O)NC2CC(C)(C)Oc3cc(C)ccc32)S(C)(=O)=O)cc1. The molecule has 2 aromatic rings. The Balaban J connectivity index is 1.83. The van der Waals surface area contributed by atoms with E-state index in [-0.39, 0.29) is 18.5 Å². The molecule has 0 spiro atoms. The van der Waals surface area contributed by atoms with Gasteiger partial charge in [-0.3, -0.25) is 9.10 Å². The Labute approximate surface area is 172 Å². The number of carbonyl (C=O) groups is 1. The Hall–Kier alpha value is -2.54. The number of hydrogen-bond acceptors (Lipinski definition) is 4. The van der Waals surface area contributed by atoms with Gasteiger partial charge in [-0.2, -0.15) is 0 Å². The van der Waals surface area contributed by atoms with Gasteiger partial charge in [0.25, 0.3) is 0 Å². The summed E-state index contributed by atoms with van der Waals surface area (Å²) in [5.74, 6) is 0.398. The third-order valence-corrected chi connectivity index (χ3v) is 6.11. The third-order valence-electron chi connectivity index (χ3n) is 4.97. The second-order valence-corrected chi connectivity index (χ2v) is 10.2. The molecule has 0 bridgehead atoms. The van der Waals surface area contributed by atoms with Crippen LogP contribution in [0.2, 0.25) is 0 Å². The summed E-state index contributed by atoms with van der Waals surface area (Å²) in [6.45, 7) is 7.59. The van der Waals surface area contributed by atoms with Crippen molar-refractivity contribution in [1.29, 1.82) is 0 Å². The maximum absolute atomic E-state index is 12.8. The summed E-state index contributed by atoms with van der Waals surface area (Å²) in [4.78, 5) is 12.8. The number of sulfonamides is 1. The first-order valence-electron chi connectivity index (χ1n) is 9.58. The van der Waals surface area contributed by atoms with E-state index < -0.39 is 15.6 Å². The maximum Gasteiger partial charge on any atom is 0.241 e. The quantitative estimate of drug-likeness (QED) is 0.810. The van der Waals surface area contributed by atoms with Crippen LogP contribution in [0.5, 0.6) is 5.75 Å². The molecule has 3 rings (SSSR count). The molecule has 1 aliphatic rings. The molecule has 6 nitrogen and oxygen atoms in total. The number of carbonyl (C=O) groups excluding carboxylic acids is 1. The zero-order valence-electron chi connectivity index (χ0n) is 17.5. The van der Waals surface area contributed by atoms with Crippen LogP contribution in [-0.2, 0) is 14.8 Å². The lowest BCUT2D eigenvalue weighted by molar-refractivity contribution is -0.120. The van der Waals surface area contributed by atoms with Crippen LogP contribution in [0.1, 0.15) is 43.0 Å². The molecular weight excluding hydrogens is 388 g/mol. The molecule has 1 heterocycles. The van der Waals surface area contributed by atoms with E-state index in [1.54, 1.807) is 12.1 Å². The van der Waals surface area contributed by atoms with Crippen LogP contribution in [0, 0.1) is 13.8 Å². The number of rotatable bonds is 5. The molecule has 1 atom stereocenters. The zero-order valence-corrected chi connectivity index (χ0v) is 18.3. The van der Waals surface area contributed by atoms with Gasteiger partial charge in [-0.05, 0) is 51.5 Å². The van der Waals surface area contributed by atoms with Crippen molar-refractivity contribution in [3.8, 4) is 5.75 Å². The average molecular weight is 417 g/mol. The molecule has 2 aromatic carbocycles. The molecule has 1 aliphatic heterocycles. The van der Waals surface area contributed by atoms with Gasteiger partial charge in [0, 0.05) is 12.0 Å². The summed E-state index contributed by atoms with van der Waals surface area (Å²) in [6, 6.07) is 12.7. The highest BCUT2D eigenvalue weighted by molar-refractivity contribution is 7.92. The lowest BCUT2D eigenvalue weighted by Gasteiger charge is -2.38. The largest absolute Gasteiger partial charge is 0.487 e. The summed E-state index contributed by atoms with van der Waals surface area (Å²) in [5, 5.41) is 3.01. The number of nitrogens with one attached hydrogen (secondary N) is 1. The Kier molecular flexibility index (Phi) is 5.63. The fraction of sp³-hybridized carbons (Fsp3) is 0.409. The molecule has 0 aliphatic carbocycles. The highest BCUT2D eigenvalue weighted by Crippen LogP contribution is 2.39. The molecule has 0 fully saturated rings. The maximum atomic E-state index is 12.8. The summed E-state index contributed by atoms with van der Waals surface area (Å²) < 4.78 is 31.8.